The standard InChI is InChI=1S/C16H24BrNO2S/c1-12(2)15-5-3-4-6-16(15)18-21(19,20)14-9-7-13(11-17)8-10-14/h7-10,12,15-16,18H,3-6,11H2,1-2H3. The van der Waals surface area contributed by atoms with Crippen molar-refractivity contribution in [3.63, 3.8) is 0 Å². The summed E-state index contributed by atoms with van der Waals surface area (Å²) in [5.41, 5.74) is 1.08. The van der Waals surface area contributed by atoms with Gasteiger partial charge in [0, 0.05) is 11.4 Å². The molecule has 0 aromatic heterocycles. The van der Waals surface area contributed by atoms with E-state index in [1.165, 1.54) is 6.42 Å². The van der Waals surface area contributed by atoms with Gasteiger partial charge in [0.25, 0.3) is 0 Å². The molecule has 0 radical (unpaired) electrons. The number of benzene rings is 1. The van der Waals surface area contributed by atoms with Crippen LogP contribution in [0.3, 0.4) is 0 Å². The first-order valence-corrected chi connectivity index (χ1v) is 10.2. The third-order valence-electron chi connectivity index (χ3n) is 4.37. The molecular formula is C16H24BrNO2S. The van der Waals surface area contributed by atoms with E-state index in [0.717, 1.165) is 30.2 Å². The molecule has 0 saturated heterocycles. The lowest BCUT2D eigenvalue weighted by atomic mass is 9.78. The second-order valence-corrected chi connectivity index (χ2v) is 8.47. The van der Waals surface area contributed by atoms with Gasteiger partial charge in [-0.3, -0.25) is 0 Å². The maximum atomic E-state index is 12.5. The van der Waals surface area contributed by atoms with Crippen LogP contribution in [0.15, 0.2) is 29.2 Å². The number of rotatable bonds is 5. The number of alkyl halides is 1. The van der Waals surface area contributed by atoms with Crippen LogP contribution in [-0.4, -0.2) is 14.5 Å². The lowest BCUT2D eigenvalue weighted by Crippen LogP contribution is -2.43. The Hall–Kier alpha value is -0.390. The maximum Gasteiger partial charge on any atom is 0.240 e. The van der Waals surface area contributed by atoms with Crippen molar-refractivity contribution in [1.82, 2.24) is 4.72 Å². The molecule has 2 atom stereocenters. The monoisotopic (exact) mass is 373 g/mol. The van der Waals surface area contributed by atoms with Gasteiger partial charge in [0.05, 0.1) is 4.90 Å². The number of hydrogen-bond acceptors (Lipinski definition) is 2. The molecule has 0 amide bonds. The quantitative estimate of drug-likeness (QED) is 0.790. The Balaban J connectivity index is 2.15. The highest BCUT2D eigenvalue weighted by molar-refractivity contribution is 9.08. The number of nitrogens with one attached hydrogen (secondary N) is 1. The number of hydrogen-bond donors (Lipinski definition) is 1. The fourth-order valence-electron chi connectivity index (χ4n) is 3.13. The van der Waals surface area contributed by atoms with Crippen LogP contribution in [0.2, 0.25) is 0 Å². The molecule has 1 saturated carbocycles. The molecule has 5 heteroatoms. The van der Waals surface area contributed by atoms with Crippen molar-refractivity contribution in [3.05, 3.63) is 29.8 Å². The van der Waals surface area contributed by atoms with Gasteiger partial charge in [0.1, 0.15) is 0 Å². The summed E-state index contributed by atoms with van der Waals surface area (Å²) < 4.78 is 28.0. The van der Waals surface area contributed by atoms with Crippen molar-refractivity contribution in [3.8, 4) is 0 Å². The number of halogens is 1. The van der Waals surface area contributed by atoms with Gasteiger partial charge < -0.3 is 0 Å². The Labute approximate surface area is 136 Å². The minimum Gasteiger partial charge on any atom is -0.208 e. The average Bonchev–Trinajstić information content (AvgIpc) is 2.47. The van der Waals surface area contributed by atoms with E-state index >= 15 is 0 Å². The largest absolute Gasteiger partial charge is 0.240 e. The third-order valence-corrected chi connectivity index (χ3v) is 6.52. The summed E-state index contributed by atoms with van der Waals surface area (Å²) in [6, 6.07) is 7.14. The molecule has 1 N–H and O–H groups in total. The van der Waals surface area contributed by atoms with E-state index in [1.54, 1.807) is 12.1 Å². The molecule has 0 bridgehead atoms. The van der Waals surface area contributed by atoms with Gasteiger partial charge in [-0.1, -0.05) is 54.8 Å². The normalized spacial score (nSPS) is 23.4. The predicted octanol–water partition coefficient (Wildman–Crippen LogP) is 4.07. The predicted molar refractivity (Wildman–Crippen MR) is 90.0 cm³/mol. The van der Waals surface area contributed by atoms with Gasteiger partial charge >= 0.3 is 0 Å². The second-order valence-electron chi connectivity index (χ2n) is 6.20. The van der Waals surface area contributed by atoms with Gasteiger partial charge in [0.2, 0.25) is 10.0 Å². The Morgan fingerprint density at radius 3 is 2.38 bits per heavy atom. The molecule has 0 heterocycles. The molecule has 1 aromatic carbocycles. The molecule has 1 aliphatic carbocycles. The minimum absolute atomic E-state index is 0.0691. The zero-order valence-electron chi connectivity index (χ0n) is 12.7. The van der Waals surface area contributed by atoms with E-state index < -0.39 is 10.0 Å². The highest BCUT2D eigenvalue weighted by Crippen LogP contribution is 2.31. The molecule has 2 rings (SSSR count). The van der Waals surface area contributed by atoms with Crippen molar-refractivity contribution in [2.75, 3.05) is 0 Å². The van der Waals surface area contributed by atoms with Crippen molar-refractivity contribution in [1.29, 1.82) is 0 Å². The van der Waals surface area contributed by atoms with Gasteiger partial charge in [0.15, 0.2) is 0 Å². The summed E-state index contributed by atoms with van der Waals surface area (Å²) in [7, 11) is -3.42. The smallest absolute Gasteiger partial charge is 0.208 e. The van der Waals surface area contributed by atoms with Crippen LogP contribution < -0.4 is 4.72 Å². The van der Waals surface area contributed by atoms with Crippen LogP contribution >= 0.6 is 15.9 Å². The average molecular weight is 374 g/mol. The van der Waals surface area contributed by atoms with E-state index in [-0.39, 0.29) is 6.04 Å². The topological polar surface area (TPSA) is 46.2 Å². The van der Waals surface area contributed by atoms with E-state index in [2.05, 4.69) is 34.5 Å². The first-order chi connectivity index (χ1) is 9.94. The van der Waals surface area contributed by atoms with Crippen LogP contribution in [0.4, 0.5) is 0 Å². The van der Waals surface area contributed by atoms with Gasteiger partial charge in [-0.2, -0.15) is 0 Å². The molecule has 1 aromatic rings. The van der Waals surface area contributed by atoms with Crippen LogP contribution in [0.5, 0.6) is 0 Å². The Morgan fingerprint density at radius 2 is 1.81 bits per heavy atom. The molecule has 0 spiro atoms. The Morgan fingerprint density at radius 1 is 1.19 bits per heavy atom. The van der Waals surface area contributed by atoms with Crippen molar-refractivity contribution < 1.29 is 8.42 Å². The summed E-state index contributed by atoms with van der Waals surface area (Å²) in [6.07, 6.45) is 4.38. The van der Waals surface area contributed by atoms with Crippen molar-refractivity contribution >= 4 is 26.0 Å². The van der Waals surface area contributed by atoms with E-state index in [4.69, 9.17) is 0 Å². The number of sulfonamides is 1. The Kier molecular flexibility index (Phi) is 5.86. The summed E-state index contributed by atoms with van der Waals surface area (Å²) in [4.78, 5) is 0.361. The van der Waals surface area contributed by atoms with Crippen LogP contribution in [0.25, 0.3) is 0 Å². The second kappa shape index (κ2) is 7.25. The van der Waals surface area contributed by atoms with E-state index in [1.807, 2.05) is 12.1 Å². The minimum atomic E-state index is -3.42. The van der Waals surface area contributed by atoms with Crippen LogP contribution in [0, 0.1) is 11.8 Å². The molecule has 1 aliphatic rings. The summed E-state index contributed by atoms with van der Waals surface area (Å²) >= 11 is 3.37. The zero-order valence-corrected chi connectivity index (χ0v) is 15.1. The van der Waals surface area contributed by atoms with E-state index in [9.17, 15) is 8.42 Å². The molecule has 3 nitrogen and oxygen atoms in total. The van der Waals surface area contributed by atoms with Crippen molar-refractivity contribution in [2.24, 2.45) is 11.8 Å². The SMILES string of the molecule is CC(C)C1CCCCC1NS(=O)(=O)c1ccc(CBr)cc1. The lowest BCUT2D eigenvalue weighted by molar-refractivity contribution is 0.226. The highest BCUT2D eigenvalue weighted by Gasteiger charge is 2.31. The molecular weight excluding hydrogens is 350 g/mol. The third kappa shape index (κ3) is 4.30. The fraction of sp³-hybridized carbons (Fsp3) is 0.625. The first-order valence-electron chi connectivity index (χ1n) is 7.61. The molecule has 21 heavy (non-hydrogen) atoms. The molecule has 0 aliphatic heterocycles. The van der Waals surface area contributed by atoms with Crippen LogP contribution in [-0.2, 0) is 15.4 Å². The summed E-state index contributed by atoms with van der Waals surface area (Å²) in [5.74, 6) is 0.948. The molecule has 118 valence electrons. The molecule has 1 fully saturated rings. The zero-order chi connectivity index (χ0) is 15.5. The summed E-state index contributed by atoms with van der Waals surface area (Å²) in [6.45, 7) is 4.37. The van der Waals surface area contributed by atoms with Gasteiger partial charge in [-0.15, -0.1) is 0 Å². The van der Waals surface area contributed by atoms with E-state index in [0.29, 0.717) is 16.7 Å². The summed E-state index contributed by atoms with van der Waals surface area (Å²) in [5, 5.41) is 0.735. The fourth-order valence-corrected chi connectivity index (χ4v) is 4.82. The van der Waals surface area contributed by atoms with Gasteiger partial charge in [-0.05, 0) is 42.4 Å². The lowest BCUT2D eigenvalue weighted by Gasteiger charge is -2.34. The van der Waals surface area contributed by atoms with Crippen molar-refractivity contribution in [2.45, 2.75) is 55.8 Å². The van der Waals surface area contributed by atoms with Crippen LogP contribution in [0.1, 0.15) is 45.1 Å². The van der Waals surface area contributed by atoms with Gasteiger partial charge in [-0.25, -0.2) is 13.1 Å². The highest BCUT2D eigenvalue weighted by atomic mass is 79.9. The Bertz CT molecular complexity index is 554. The first kappa shape index (κ1) is 17.0. The molecule has 2 unspecified atom stereocenters. The maximum absolute atomic E-state index is 12.5.